The van der Waals surface area contributed by atoms with Gasteiger partial charge in [0, 0.05) is 17.0 Å². The summed E-state index contributed by atoms with van der Waals surface area (Å²) < 4.78 is 0.685. The number of nitro groups is 1. The van der Waals surface area contributed by atoms with E-state index in [1.54, 1.807) is 17.4 Å². The molecule has 1 aromatic carbocycles. The molecule has 0 aliphatic heterocycles. The van der Waals surface area contributed by atoms with Gasteiger partial charge in [0.25, 0.3) is 11.6 Å². The van der Waals surface area contributed by atoms with Crippen molar-refractivity contribution in [2.45, 2.75) is 25.7 Å². The molecule has 6 nitrogen and oxygen atoms in total. The van der Waals surface area contributed by atoms with E-state index in [0.717, 1.165) is 12.8 Å². The Morgan fingerprint density at radius 1 is 1.21 bits per heavy atom. The van der Waals surface area contributed by atoms with E-state index in [1.807, 2.05) is 6.07 Å². The molecule has 8 heteroatoms. The number of aryl methyl sites for hydroxylation is 2. The van der Waals surface area contributed by atoms with Crippen LogP contribution in [-0.4, -0.2) is 15.8 Å². The maximum atomic E-state index is 12.4. The molecular formula is C16H13N3O3S2. The van der Waals surface area contributed by atoms with Gasteiger partial charge in [0.15, 0.2) is 5.13 Å². The minimum atomic E-state index is -0.437. The fourth-order valence-corrected chi connectivity index (χ4v) is 4.88. The smallest absolute Gasteiger partial charge is 0.270 e. The molecule has 1 amide bonds. The van der Waals surface area contributed by atoms with E-state index in [9.17, 15) is 14.9 Å². The molecule has 2 heterocycles. The number of aromatic nitrogens is 1. The highest BCUT2D eigenvalue weighted by atomic mass is 32.1. The Morgan fingerprint density at radius 3 is 2.83 bits per heavy atom. The zero-order valence-electron chi connectivity index (χ0n) is 12.6. The quantitative estimate of drug-likeness (QED) is 0.555. The Hall–Kier alpha value is -2.32. The molecule has 0 bridgehead atoms. The Morgan fingerprint density at radius 2 is 2.04 bits per heavy atom. The van der Waals surface area contributed by atoms with Crippen LogP contribution in [-0.2, 0) is 12.8 Å². The van der Waals surface area contributed by atoms with E-state index in [-0.39, 0.29) is 11.6 Å². The van der Waals surface area contributed by atoms with Crippen molar-refractivity contribution in [3.05, 3.63) is 49.7 Å². The number of nitrogens with one attached hydrogen (secondary N) is 1. The number of fused-ring (bicyclic) bond motifs is 2. The molecule has 0 saturated carbocycles. The minimum Gasteiger partial charge on any atom is -0.297 e. The van der Waals surface area contributed by atoms with Gasteiger partial charge in [-0.15, -0.1) is 11.3 Å². The molecule has 1 aliphatic carbocycles. The second-order valence-corrected chi connectivity index (χ2v) is 7.82. The van der Waals surface area contributed by atoms with Gasteiger partial charge in [0.05, 0.1) is 20.0 Å². The lowest BCUT2D eigenvalue weighted by atomic mass is 9.99. The first kappa shape index (κ1) is 15.2. The normalized spacial score (nSPS) is 13.7. The molecule has 24 heavy (non-hydrogen) atoms. The van der Waals surface area contributed by atoms with Crippen molar-refractivity contribution in [3.8, 4) is 0 Å². The molecule has 0 atom stereocenters. The molecule has 3 aromatic rings. The molecule has 1 N–H and O–H groups in total. The van der Waals surface area contributed by atoms with E-state index in [4.69, 9.17) is 0 Å². The van der Waals surface area contributed by atoms with Crippen molar-refractivity contribution < 1.29 is 9.72 Å². The largest absolute Gasteiger partial charge is 0.297 e. The van der Waals surface area contributed by atoms with Gasteiger partial charge in [-0.2, -0.15) is 0 Å². The number of hydrogen-bond acceptors (Lipinski definition) is 6. The molecule has 1 aliphatic rings. The van der Waals surface area contributed by atoms with Gasteiger partial charge in [-0.3, -0.25) is 20.2 Å². The lowest BCUT2D eigenvalue weighted by Gasteiger charge is -2.08. The second-order valence-electron chi connectivity index (χ2n) is 5.65. The zero-order valence-corrected chi connectivity index (χ0v) is 14.2. The fourth-order valence-electron chi connectivity index (χ4n) is 2.84. The molecule has 0 fully saturated rings. The third-order valence-electron chi connectivity index (χ3n) is 4.02. The SMILES string of the molecule is O=C(Nc1nc2ccc([N+](=O)[O-])cc2s1)c1cc2c(s1)CCCC2. The maximum absolute atomic E-state index is 12.4. The van der Waals surface area contributed by atoms with Crippen LogP contribution >= 0.6 is 22.7 Å². The number of nitrogens with zero attached hydrogens (tertiary/aromatic N) is 2. The minimum absolute atomic E-state index is 0.0231. The number of non-ortho nitro benzene ring substituents is 1. The van der Waals surface area contributed by atoms with Crippen molar-refractivity contribution >= 4 is 49.6 Å². The van der Waals surface area contributed by atoms with E-state index >= 15 is 0 Å². The van der Waals surface area contributed by atoms with Crippen molar-refractivity contribution in [2.24, 2.45) is 0 Å². The van der Waals surface area contributed by atoms with Crippen LogP contribution in [0.5, 0.6) is 0 Å². The highest BCUT2D eigenvalue weighted by Crippen LogP contribution is 2.32. The monoisotopic (exact) mass is 359 g/mol. The number of hydrogen-bond donors (Lipinski definition) is 1. The fraction of sp³-hybridized carbons (Fsp3) is 0.250. The molecule has 122 valence electrons. The number of benzene rings is 1. The summed E-state index contributed by atoms with van der Waals surface area (Å²) in [4.78, 5) is 29.2. The highest BCUT2D eigenvalue weighted by Gasteiger charge is 2.18. The van der Waals surface area contributed by atoms with Gasteiger partial charge in [-0.05, 0) is 43.4 Å². The highest BCUT2D eigenvalue weighted by molar-refractivity contribution is 7.22. The summed E-state index contributed by atoms with van der Waals surface area (Å²) in [6.07, 6.45) is 4.47. The summed E-state index contributed by atoms with van der Waals surface area (Å²) in [7, 11) is 0. The molecule has 0 spiro atoms. The van der Waals surface area contributed by atoms with Crippen LogP contribution in [0.4, 0.5) is 10.8 Å². The van der Waals surface area contributed by atoms with Crippen LogP contribution < -0.4 is 5.32 Å². The standard InChI is InChI=1S/C16H13N3O3S2/c20-15(14-7-9-3-1-2-4-12(9)23-14)18-16-17-11-6-5-10(19(21)22)8-13(11)24-16/h5-8H,1-4H2,(H,17,18,20). The number of thiophene rings is 1. The van der Waals surface area contributed by atoms with Crippen molar-refractivity contribution in [2.75, 3.05) is 5.32 Å². The summed E-state index contributed by atoms with van der Waals surface area (Å²) in [5, 5.41) is 14.1. The summed E-state index contributed by atoms with van der Waals surface area (Å²) in [6, 6.07) is 6.48. The molecule has 0 radical (unpaired) electrons. The van der Waals surface area contributed by atoms with Crippen LogP contribution in [0.25, 0.3) is 10.2 Å². The van der Waals surface area contributed by atoms with Crippen molar-refractivity contribution in [1.82, 2.24) is 4.98 Å². The third kappa shape index (κ3) is 2.78. The van der Waals surface area contributed by atoms with Gasteiger partial charge in [-0.25, -0.2) is 4.98 Å². The number of carbonyl (C=O) groups excluding carboxylic acids is 1. The predicted octanol–water partition coefficient (Wildman–Crippen LogP) is 4.40. The van der Waals surface area contributed by atoms with E-state index in [1.165, 1.54) is 46.8 Å². The van der Waals surface area contributed by atoms with Crippen LogP contribution in [0, 0.1) is 10.1 Å². The molecule has 2 aromatic heterocycles. The average molecular weight is 359 g/mol. The molecule has 0 unspecified atom stereocenters. The zero-order chi connectivity index (χ0) is 16.7. The molecule has 0 saturated heterocycles. The number of thiazole rings is 1. The Balaban J connectivity index is 1.58. The summed E-state index contributed by atoms with van der Waals surface area (Å²) in [5.74, 6) is -0.164. The Kier molecular flexibility index (Phi) is 3.78. The number of amides is 1. The van der Waals surface area contributed by atoms with Crippen LogP contribution in [0.15, 0.2) is 24.3 Å². The Labute approximate surface area is 145 Å². The third-order valence-corrected chi connectivity index (χ3v) is 6.19. The summed E-state index contributed by atoms with van der Waals surface area (Å²) >= 11 is 2.80. The van der Waals surface area contributed by atoms with Crippen molar-refractivity contribution in [3.63, 3.8) is 0 Å². The van der Waals surface area contributed by atoms with E-state index < -0.39 is 4.92 Å². The number of nitro benzene ring substituents is 1. The summed E-state index contributed by atoms with van der Waals surface area (Å²) in [6.45, 7) is 0. The van der Waals surface area contributed by atoms with Gasteiger partial charge in [0.2, 0.25) is 0 Å². The van der Waals surface area contributed by atoms with Crippen LogP contribution in [0.1, 0.15) is 33.0 Å². The van der Waals surface area contributed by atoms with E-state index in [0.29, 0.717) is 20.2 Å². The first-order valence-corrected chi connectivity index (χ1v) is 9.21. The molecular weight excluding hydrogens is 346 g/mol. The first-order chi connectivity index (χ1) is 11.6. The molecule has 4 rings (SSSR count). The van der Waals surface area contributed by atoms with Crippen LogP contribution in [0.2, 0.25) is 0 Å². The Bertz CT molecular complexity index is 937. The lowest BCUT2D eigenvalue weighted by molar-refractivity contribution is -0.384. The van der Waals surface area contributed by atoms with Gasteiger partial charge in [-0.1, -0.05) is 11.3 Å². The first-order valence-electron chi connectivity index (χ1n) is 7.58. The van der Waals surface area contributed by atoms with Crippen molar-refractivity contribution in [1.29, 1.82) is 0 Å². The second kappa shape index (κ2) is 5.95. The van der Waals surface area contributed by atoms with Crippen LogP contribution in [0.3, 0.4) is 0 Å². The van der Waals surface area contributed by atoms with Gasteiger partial charge < -0.3 is 0 Å². The average Bonchev–Trinajstić information content (AvgIpc) is 3.17. The van der Waals surface area contributed by atoms with Gasteiger partial charge in [0.1, 0.15) is 0 Å². The number of rotatable bonds is 3. The maximum Gasteiger partial charge on any atom is 0.270 e. The van der Waals surface area contributed by atoms with E-state index in [2.05, 4.69) is 10.3 Å². The topological polar surface area (TPSA) is 85.1 Å². The number of carbonyl (C=O) groups is 1. The summed E-state index contributed by atoms with van der Waals surface area (Å²) in [5.41, 5.74) is 1.96. The lowest BCUT2D eigenvalue weighted by Crippen LogP contribution is -2.09. The van der Waals surface area contributed by atoms with Gasteiger partial charge >= 0.3 is 0 Å². The number of anilines is 1. The predicted molar refractivity (Wildman–Crippen MR) is 95.2 cm³/mol.